The minimum atomic E-state index is -0.386. The second kappa shape index (κ2) is 7.06. The zero-order chi connectivity index (χ0) is 18.1. The van der Waals surface area contributed by atoms with Crippen molar-refractivity contribution in [2.75, 3.05) is 11.9 Å². The van der Waals surface area contributed by atoms with Crippen molar-refractivity contribution in [2.45, 2.75) is 19.3 Å². The Morgan fingerprint density at radius 1 is 1.08 bits per heavy atom. The summed E-state index contributed by atoms with van der Waals surface area (Å²) in [5, 5.41) is 19.3. The molecular weight excluding hydrogens is 443 g/mol. The summed E-state index contributed by atoms with van der Waals surface area (Å²) in [7, 11) is 0. The van der Waals surface area contributed by atoms with Gasteiger partial charge < -0.3 is 5.32 Å². The molecule has 3 aromatic rings. The van der Waals surface area contributed by atoms with Crippen LogP contribution in [0, 0.1) is 13.7 Å². The summed E-state index contributed by atoms with van der Waals surface area (Å²) in [6, 6.07) is 14.9. The number of rotatable bonds is 3. The highest BCUT2D eigenvalue weighted by molar-refractivity contribution is 14.1. The number of nitro groups is 1. The van der Waals surface area contributed by atoms with Gasteiger partial charge in [0.1, 0.15) is 5.82 Å². The molecule has 0 amide bonds. The van der Waals surface area contributed by atoms with Crippen molar-refractivity contribution in [2.24, 2.45) is 0 Å². The first-order chi connectivity index (χ1) is 12.6. The zero-order valence-corrected chi connectivity index (χ0v) is 16.1. The van der Waals surface area contributed by atoms with Crippen LogP contribution in [0.3, 0.4) is 0 Å². The molecule has 7 heteroatoms. The standard InChI is InChI=1S/C19H17IN4O2/c20-14-6-4-13(5-7-14)18-17-3-1-2-12-21-19(17)23(22-18)15-8-10-16(11-9-15)24(25)26/h4-11,21H,1-3,12H2. The number of nitrogens with one attached hydrogen (secondary N) is 1. The van der Waals surface area contributed by atoms with Crippen LogP contribution in [0.5, 0.6) is 0 Å². The third-order valence-corrected chi connectivity index (χ3v) is 5.27. The lowest BCUT2D eigenvalue weighted by Gasteiger charge is -2.09. The number of halogens is 1. The highest BCUT2D eigenvalue weighted by atomic mass is 127. The van der Waals surface area contributed by atoms with E-state index in [-0.39, 0.29) is 10.6 Å². The Kier molecular flexibility index (Phi) is 4.62. The molecule has 1 aromatic heterocycles. The van der Waals surface area contributed by atoms with Crippen molar-refractivity contribution in [1.29, 1.82) is 0 Å². The Balaban J connectivity index is 1.84. The molecular formula is C19H17IN4O2. The van der Waals surface area contributed by atoms with Crippen molar-refractivity contribution in [3.8, 4) is 16.9 Å². The normalized spacial score (nSPS) is 13.6. The molecule has 0 bridgehead atoms. The van der Waals surface area contributed by atoms with Gasteiger partial charge in [-0.2, -0.15) is 5.10 Å². The van der Waals surface area contributed by atoms with E-state index in [1.54, 1.807) is 12.1 Å². The number of anilines is 1. The van der Waals surface area contributed by atoms with Crippen molar-refractivity contribution >= 4 is 34.1 Å². The molecule has 0 unspecified atom stereocenters. The van der Waals surface area contributed by atoms with E-state index >= 15 is 0 Å². The van der Waals surface area contributed by atoms with Gasteiger partial charge in [0.25, 0.3) is 5.69 Å². The van der Waals surface area contributed by atoms with E-state index in [0.29, 0.717) is 0 Å². The summed E-state index contributed by atoms with van der Waals surface area (Å²) in [5.74, 6) is 0.991. The van der Waals surface area contributed by atoms with Gasteiger partial charge in [-0.3, -0.25) is 10.1 Å². The lowest BCUT2D eigenvalue weighted by Crippen LogP contribution is -2.07. The third-order valence-electron chi connectivity index (χ3n) is 4.55. The molecule has 0 saturated heterocycles. The SMILES string of the molecule is O=[N+]([O-])c1ccc(-n2nc(-c3ccc(I)cc3)c3c2NCCCC3)cc1. The van der Waals surface area contributed by atoms with Crippen molar-refractivity contribution in [3.63, 3.8) is 0 Å². The Labute approximate surface area is 164 Å². The average Bonchev–Trinajstić information content (AvgIpc) is 2.84. The van der Waals surface area contributed by atoms with Gasteiger partial charge >= 0.3 is 0 Å². The fourth-order valence-electron chi connectivity index (χ4n) is 3.24. The minimum Gasteiger partial charge on any atom is -0.370 e. The number of nitrogens with zero attached hydrogens (tertiary/aromatic N) is 3. The van der Waals surface area contributed by atoms with Gasteiger partial charge in [0.15, 0.2) is 0 Å². The quantitative estimate of drug-likeness (QED) is 0.346. The van der Waals surface area contributed by atoms with Gasteiger partial charge in [-0.15, -0.1) is 0 Å². The molecule has 4 rings (SSSR count). The third kappa shape index (κ3) is 3.18. The molecule has 6 nitrogen and oxygen atoms in total. The molecule has 2 aromatic carbocycles. The lowest BCUT2D eigenvalue weighted by atomic mass is 10.0. The summed E-state index contributed by atoms with van der Waals surface area (Å²) < 4.78 is 3.06. The van der Waals surface area contributed by atoms with Crippen molar-refractivity contribution in [1.82, 2.24) is 9.78 Å². The number of hydrogen-bond donors (Lipinski definition) is 1. The first-order valence-corrected chi connectivity index (χ1v) is 9.58. The Hall–Kier alpha value is -2.42. The molecule has 0 fully saturated rings. The van der Waals surface area contributed by atoms with Crippen LogP contribution in [0.1, 0.15) is 18.4 Å². The molecule has 0 aliphatic carbocycles. The number of non-ortho nitro benzene ring substituents is 1. The summed E-state index contributed by atoms with van der Waals surface area (Å²) in [4.78, 5) is 10.5. The molecule has 0 radical (unpaired) electrons. The van der Waals surface area contributed by atoms with E-state index in [1.807, 2.05) is 4.68 Å². The van der Waals surface area contributed by atoms with E-state index in [0.717, 1.165) is 48.6 Å². The molecule has 0 atom stereocenters. The van der Waals surface area contributed by atoms with Crippen LogP contribution in [0.25, 0.3) is 16.9 Å². The van der Waals surface area contributed by atoms with Gasteiger partial charge in [0.05, 0.1) is 16.3 Å². The predicted octanol–water partition coefficient (Wildman–Crippen LogP) is 4.80. The molecule has 132 valence electrons. The second-order valence-corrected chi connectivity index (χ2v) is 7.50. The predicted molar refractivity (Wildman–Crippen MR) is 110 cm³/mol. The van der Waals surface area contributed by atoms with Gasteiger partial charge in [-0.1, -0.05) is 12.1 Å². The molecule has 1 aliphatic rings. The molecule has 26 heavy (non-hydrogen) atoms. The van der Waals surface area contributed by atoms with E-state index in [9.17, 15) is 10.1 Å². The van der Waals surface area contributed by atoms with Crippen molar-refractivity contribution in [3.05, 3.63) is 67.8 Å². The van der Waals surface area contributed by atoms with E-state index in [1.165, 1.54) is 21.3 Å². The van der Waals surface area contributed by atoms with E-state index in [4.69, 9.17) is 5.10 Å². The fourth-order valence-corrected chi connectivity index (χ4v) is 3.60. The van der Waals surface area contributed by atoms with Gasteiger partial charge in [-0.25, -0.2) is 4.68 Å². The summed E-state index contributed by atoms with van der Waals surface area (Å²) in [5.41, 5.74) is 4.17. The van der Waals surface area contributed by atoms with Gasteiger partial charge in [0, 0.05) is 33.4 Å². The van der Waals surface area contributed by atoms with Gasteiger partial charge in [0.2, 0.25) is 0 Å². The van der Waals surface area contributed by atoms with Crippen LogP contribution in [0.4, 0.5) is 11.5 Å². The molecule has 0 spiro atoms. The first-order valence-electron chi connectivity index (χ1n) is 8.50. The van der Waals surface area contributed by atoms with E-state index in [2.05, 4.69) is 52.2 Å². The number of benzene rings is 2. The number of nitro benzene ring substituents is 1. The van der Waals surface area contributed by atoms with Gasteiger partial charge in [-0.05, 0) is 66.1 Å². The number of hydrogen-bond acceptors (Lipinski definition) is 4. The topological polar surface area (TPSA) is 73.0 Å². The summed E-state index contributed by atoms with van der Waals surface area (Å²) >= 11 is 2.30. The zero-order valence-electron chi connectivity index (χ0n) is 14.0. The Morgan fingerprint density at radius 2 is 1.81 bits per heavy atom. The maximum Gasteiger partial charge on any atom is 0.269 e. The Bertz CT molecular complexity index is 949. The molecule has 1 aliphatic heterocycles. The minimum absolute atomic E-state index is 0.0813. The molecule has 0 saturated carbocycles. The lowest BCUT2D eigenvalue weighted by molar-refractivity contribution is -0.384. The summed E-state index contributed by atoms with van der Waals surface area (Å²) in [6.45, 7) is 0.901. The average molecular weight is 460 g/mol. The first kappa shape index (κ1) is 17.0. The molecule has 1 N–H and O–H groups in total. The van der Waals surface area contributed by atoms with Crippen LogP contribution in [-0.2, 0) is 6.42 Å². The maximum atomic E-state index is 10.9. The van der Waals surface area contributed by atoms with Crippen LogP contribution >= 0.6 is 22.6 Å². The fraction of sp³-hybridized carbons (Fsp3) is 0.211. The number of aromatic nitrogens is 2. The second-order valence-electron chi connectivity index (χ2n) is 6.25. The van der Waals surface area contributed by atoms with Crippen LogP contribution in [0.2, 0.25) is 0 Å². The van der Waals surface area contributed by atoms with Crippen LogP contribution in [0.15, 0.2) is 48.5 Å². The maximum absolute atomic E-state index is 10.9. The van der Waals surface area contributed by atoms with Crippen molar-refractivity contribution < 1.29 is 4.92 Å². The van der Waals surface area contributed by atoms with E-state index < -0.39 is 0 Å². The number of fused-ring (bicyclic) bond motifs is 1. The largest absolute Gasteiger partial charge is 0.370 e. The monoisotopic (exact) mass is 460 g/mol. The smallest absolute Gasteiger partial charge is 0.269 e. The van der Waals surface area contributed by atoms with Crippen LogP contribution < -0.4 is 5.32 Å². The van der Waals surface area contributed by atoms with Crippen LogP contribution in [-0.4, -0.2) is 21.2 Å². The summed E-state index contributed by atoms with van der Waals surface area (Å²) in [6.07, 6.45) is 3.20. The highest BCUT2D eigenvalue weighted by Gasteiger charge is 2.22. The highest BCUT2D eigenvalue weighted by Crippen LogP contribution is 2.34. The molecule has 2 heterocycles. The Morgan fingerprint density at radius 3 is 2.50 bits per heavy atom.